The van der Waals surface area contributed by atoms with Crippen LogP contribution >= 0.6 is 15.9 Å². The SMILES string of the molecule is Cc1cc(C)c2nc(-c3cccc(Br)c3)[nH]c2c1. The Kier molecular flexibility index (Phi) is 2.71. The van der Waals surface area contributed by atoms with Crippen molar-refractivity contribution < 1.29 is 0 Å². The summed E-state index contributed by atoms with van der Waals surface area (Å²) in [7, 11) is 0. The van der Waals surface area contributed by atoms with Gasteiger partial charge in [0.05, 0.1) is 11.0 Å². The number of fused-ring (bicyclic) bond motifs is 1. The molecule has 0 aliphatic rings. The minimum absolute atomic E-state index is 0.917. The maximum Gasteiger partial charge on any atom is 0.138 e. The van der Waals surface area contributed by atoms with Crippen LogP contribution in [0.1, 0.15) is 11.1 Å². The van der Waals surface area contributed by atoms with E-state index in [1.807, 2.05) is 12.1 Å². The van der Waals surface area contributed by atoms with Gasteiger partial charge in [-0.15, -0.1) is 0 Å². The normalized spacial score (nSPS) is 11.1. The summed E-state index contributed by atoms with van der Waals surface area (Å²) in [4.78, 5) is 8.08. The molecule has 3 aromatic rings. The molecule has 0 aliphatic carbocycles. The van der Waals surface area contributed by atoms with Gasteiger partial charge in [0, 0.05) is 10.0 Å². The Hall–Kier alpha value is -1.61. The van der Waals surface area contributed by atoms with E-state index in [1.54, 1.807) is 0 Å². The lowest BCUT2D eigenvalue weighted by molar-refractivity contribution is 1.33. The second-order valence-corrected chi connectivity index (χ2v) is 5.49. The number of benzene rings is 2. The first-order valence-corrected chi connectivity index (χ1v) is 6.66. The van der Waals surface area contributed by atoms with Crippen molar-refractivity contribution in [2.24, 2.45) is 0 Å². The Morgan fingerprint density at radius 2 is 1.94 bits per heavy atom. The monoisotopic (exact) mass is 300 g/mol. The minimum atomic E-state index is 0.917. The molecule has 0 saturated carbocycles. The van der Waals surface area contributed by atoms with Gasteiger partial charge >= 0.3 is 0 Å². The van der Waals surface area contributed by atoms with Gasteiger partial charge in [0.15, 0.2) is 0 Å². The van der Waals surface area contributed by atoms with Crippen LogP contribution in [0.3, 0.4) is 0 Å². The van der Waals surface area contributed by atoms with E-state index in [0.29, 0.717) is 0 Å². The van der Waals surface area contributed by atoms with Gasteiger partial charge < -0.3 is 4.98 Å². The van der Waals surface area contributed by atoms with Gasteiger partial charge in [-0.1, -0.05) is 34.1 Å². The van der Waals surface area contributed by atoms with Crippen molar-refractivity contribution in [2.45, 2.75) is 13.8 Å². The van der Waals surface area contributed by atoms with E-state index in [2.05, 4.69) is 64.0 Å². The van der Waals surface area contributed by atoms with Crippen LogP contribution in [0.15, 0.2) is 40.9 Å². The van der Waals surface area contributed by atoms with Crippen LogP contribution in [-0.4, -0.2) is 9.97 Å². The molecule has 0 unspecified atom stereocenters. The quantitative estimate of drug-likeness (QED) is 0.698. The molecular formula is C15H13BrN2. The smallest absolute Gasteiger partial charge is 0.138 e. The first-order valence-electron chi connectivity index (χ1n) is 5.86. The number of aromatic amines is 1. The molecule has 0 radical (unpaired) electrons. The number of halogens is 1. The summed E-state index contributed by atoms with van der Waals surface area (Å²) in [5.41, 5.74) is 5.71. The lowest BCUT2D eigenvalue weighted by Crippen LogP contribution is -1.80. The Bertz CT molecular complexity index is 728. The van der Waals surface area contributed by atoms with Crippen molar-refractivity contribution in [3.05, 3.63) is 52.0 Å². The maximum absolute atomic E-state index is 4.69. The van der Waals surface area contributed by atoms with E-state index >= 15 is 0 Å². The second kappa shape index (κ2) is 4.25. The van der Waals surface area contributed by atoms with Gasteiger partial charge in [0.2, 0.25) is 0 Å². The summed E-state index contributed by atoms with van der Waals surface area (Å²) in [6, 6.07) is 12.5. The number of nitrogens with zero attached hydrogens (tertiary/aromatic N) is 1. The highest BCUT2D eigenvalue weighted by atomic mass is 79.9. The molecule has 3 rings (SSSR count). The van der Waals surface area contributed by atoms with E-state index in [0.717, 1.165) is 26.9 Å². The number of H-pyrrole nitrogens is 1. The fourth-order valence-corrected chi connectivity index (χ4v) is 2.64. The molecule has 18 heavy (non-hydrogen) atoms. The van der Waals surface area contributed by atoms with Crippen LogP contribution in [0.2, 0.25) is 0 Å². The van der Waals surface area contributed by atoms with Crippen LogP contribution < -0.4 is 0 Å². The second-order valence-electron chi connectivity index (χ2n) is 4.57. The molecule has 0 bridgehead atoms. The zero-order chi connectivity index (χ0) is 12.7. The topological polar surface area (TPSA) is 28.7 Å². The number of aryl methyl sites for hydroxylation is 2. The number of hydrogen-bond donors (Lipinski definition) is 1. The Morgan fingerprint density at radius 3 is 2.72 bits per heavy atom. The van der Waals surface area contributed by atoms with Crippen molar-refractivity contribution in [2.75, 3.05) is 0 Å². The van der Waals surface area contributed by atoms with Crippen LogP contribution in [0.4, 0.5) is 0 Å². The van der Waals surface area contributed by atoms with Crippen molar-refractivity contribution in [3.63, 3.8) is 0 Å². The van der Waals surface area contributed by atoms with Crippen LogP contribution in [0.25, 0.3) is 22.4 Å². The van der Waals surface area contributed by atoms with E-state index in [-0.39, 0.29) is 0 Å². The number of rotatable bonds is 1. The van der Waals surface area contributed by atoms with Crippen molar-refractivity contribution in [1.82, 2.24) is 9.97 Å². The van der Waals surface area contributed by atoms with Gasteiger partial charge in [-0.25, -0.2) is 4.98 Å². The van der Waals surface area contributed by atoms with Gasteiger partial charge in [-0.3, -0.25) is 0 Å². The molecule has 1 heterocycles. The lowest BCUT2D eigenvalue weighted by Gasteiger charge is -1.96. The third-order valence-electron chi connectivity index (χ3n) is 3.02. The highest BCUT2D eigenvalue weighted by molar-refractivity contribution is 9.10. The maximum atomic E-state index is 4.69. The third-order valence-corrected chi connectivity index (χ3v) is 3.51. The first-order chi connectivity index (χ1) is 8.63. The molecule has 3 heteroatoms. The Labute approximate surface area is 114 Å². The summed E-state index contributed by atoms with van der Waals surface area (Å²) in [6.45, 7) is 4.20. The van der Waals surface area contributed by atoms with Crippen LogP contribution in [0.5, 0.6) is 0 Å². The summed E-state index contributed by atoms with van der Waals surface area (Å²) >= 11 is 3.49. The van der Waals surface area contributed by atoms with Crippen LogP contribution in [-0.2, 0) is 0 Å². The standard InChI is InChI=1S/C15H13BrN2/c1-9-6-10(2)14-13(7-9)17-15(18-14)11-4-3-5-12(16)8-11/h3-8H,1-2H3,(H,17,18). The van der Waals surface area contributed by atoms with E-state index in [4.69, 9.17) is 0 Å². The van der Waals surface area contributed by atoms with Gasteiger partial charge in [-0.2, -0.15) is 0 Å². The highest BCUT2D eigenvalue weighted by Gasteiger charge is 2.07. The largest absolute Gasteiger partial charge is 0.338 e. The zero-order valence-electron chi connectivity index (χ0n) is 10.3. The molecule has 0 amide bonds. The number of aromatic nitrogens is 2. The van der Waals surface area contributed by atoms with E-state index in [1.165, 1.54) is 11.1 Å². The molecule has 90 valence electrons. The van der Waals surface area contributed by atoms with Crippen molar-refractivity contribution in [1.29, 1.82) is 0 Å². The summed E-state index contributed by atoms with van der Waals surface area (Å²) in [5, 5.41) is 0. The van der Waals surface area contributed by atoms with Gasteiger partial charge in [0.25, 0.3) is 0 Å². The predicted octanol–water partition coefficient (Wildman–Crippen LogP) is 4.61. The molecule has 1 aromatic heterocycles. The molecule has 2 aromatic carbocycles. The molecule has 2 nitrogen and oxygen atoms in total. The van der Waals surface area contributed by atoms with Gasteiger partial charge in [0.1, 0.15) is 5.82 Å². The Balaban J connectivity index is 2.22. The lowest BCUT2D eigenvalue weighted by atomic mass is 10.1. The fourth-order valence-electron chi connectivity index (χ4n) is 2.24. The molecule has 0 fully saturated rings. The molecule has 1 N–H and O–H groups in total. The van der Waals surface area contributed by atoms with Crippen LogP contribution in [0, 0.1) is 13.8 Å². The molecule has 0 aliphatic heterocycles. The average Bonchev–Trinajstić information content (AvgIpc) is 2.73. The van der Waals surface area contributed by atoms with E-state index < -0.39 is 0 Å². The van der Waals surface area contributed by atoms with Crippen molar-refractivity contribution in [3.8, 4) is 11.4 Å². The number of hydrogen-bond acceptors (Lipinski definition) is 1. The predicted molar refractivity (Wildman–Crippen MR) is 78.7 cm³/mol. The number of nitrogens with one attached hydrogen (secondary N) is 1. The fraction of sp³-hybridized carbons (Fsp3) is 0.133. The number of imidazole rings is 1. The molecule has 0 spiro atoms. The van der Waals surface area contributed by atoms with Gasteiger partial charge in [-0.05, 0) is 43.2 Å². The zero-order valence-corrected chi connectivity index (χ0v) is 11.9. The van der Waals surface area contributed by atoms with E-state index in [9.17, 15) is 0 Å². The molecule has 0 atom stereocenters. The summed E-state index contributed by atoms with van der Waals surface area (Å²) in [5.74, 6) is 0.917. The summed E-state index contributed by atoms with van der Waals surface area (Å²) < 4.78 is 1.06. The highest BCUT2D eigenvalue weighted by Crippen LogP contribution is 2.25. The molecule has 0 saturated heterocycles. The molecular weight excluding hydrogens is 288 g/mol. The Morgan fingerprint density at radius 1 is 1.11 bits per heavy atom. The first kappa shape index (κ1) is 11.5. The minimum Gasteiger partial charge on any atom is -0.338 e. The third kappa shape index (κ3) is 1.95. The van der Waals surface area contributed by atoms with Crippen molar-refractivity contribution >= 4 is 27.0 Å². The average molecular weight is 301 g/mol. The summed E-state index contributed by atoms with van der Waals surface area (Å²) in [6.07, 6.45) is 0.